The lowest BCUT2D eigenvalue weighted by atomic mass is 10.0. The highest BCUT2D eigenvalue weighted by molar-refractivity contribution is 7.84. The number of halogens is 1. The maximum atomic E-state index is 13.9. The first kappa shape index (κ1) is 20.2. The molecule has 0 aliphatic heterocycles. The molecule has 1 unspecified atom stereocenters. The second-order valence-corrected chi connectivity index (χ2v) is 8.28. The zero-order chi connectivity index (χ0) is 20.3. The molecule has 0 saturated carbocycles. The molecule has 2 aromatic rings. The van der Waals surface area contributed by atoms with E-state index in [9.17, 15) is 13.4 Å². The first-order valence-electron chi connectivity index (χ1n) is 9.33. The van der Waals surface area contributed by atoms with Gasteiger partial charge in [-0.1, -0.05) is 25.1 Å². The topological polar surface area (TPSA) is 46.2 Å². The molecular weight excluding hydrogens is 373 g/mol. The number of hydrogen-bond donors (Lipinski definition) is 1. The van der Waals surface area contributed by atoms with E-state index in [-0.39, 0.29) is 18.1 Å². The summed E-state index contributed by atoms with van der Waals surface area (Å²) in [4.78, 5) is 13.1. The molecule has 1 atom stereocenters. The second-order valence-electron chi connectivity index (χ2n) is 6.90. The van der Waals surface area contributed by atoms with Crippen LogP contribution in [0.2, 0.25) is 0 Å². The Hall–Kier alpha value is -2.53. The summed E-state index contributed by atoms with van der Waals surface area (Å²) < 4.78 is 25.5. The Kier molecular flexibility index (Phi) is 6.25. The normalized spacial score (nSPS) is 15.6. The standard InChI is InChI=1S/C23H24FNO2S/c1-4-11-25-23(26)14-21-15(2)20(19-10-7-17(24)13-22(19)21)12-16-5-8-18(9-6-16)28(3)27/h5-10,12-13H,4,11,14H2,1-3H3,(H,25,26)/b20-12+. The lowest BCUT2D eigenvalue weighted by molar-refractivity contribution is -0.120. The van der Waals surface area contributed by atoms with Crippen LogP contribution in [-0.4, -0.2) is 22.9 Å². The number of hydrogen-bond acceptors (Lipinski definition) is 2. The van der Waals surface area contributed by atoms with Crippen molar-refractivity contribution in [2.24, 2.45) is 0 Å². The smallest absolute Gasteiger partial charge is 0.224 e. The molecule has 1 N–H and O–H groups in total. The molecule has 0 saturated heterocycles. The van der Waals surface area contributed by atoms with Gasteiger partial charge >= 0.3 is 0 Å². The zero-order valence-electron chi connectivity index (χ0n) is 16.3. The molecule has 0 spiro atoms. The maximum Gasteiger partial charge on any atom is 0.224 e. The molecule has 146 valence electrons. The molecule has 0 aromatic heterocycles. The minimum atomic E-state index is -1.02. The molecule has 0 bridgehead atoms. The van der Waals surface area contributed by atoms with Crippen molar-refractivity contribution in [3.63, 3.8) is 0 Å². The first-order chi connectivity index (χ1) is 13.4. The van der Waals surface area contributed by atoms with Gasteiger partial charge in [0.1, 0.15) is 5.82 Å². The van der Waals surface area contributed by atoms with Gasteiger partial charge in [0.25, 0.3) is 0 Å². The van der Waals surface area contributed by atoms with E-state index in [1.54, 1.807) is 12.3 Å². The van der Waals surface area contributed by atoms with Crippen LogP contribution in [0.4, 0.5) is 4.39 Å². The van der Waals surface area contributed by atoms with Crippen molar-refractivity contribution in [3.05, 3.63) is 70.5 Å². The highest BCUT2D eigenvalue weighted by Crippen LogP contribution is 2.43. The average Bonchev–Trinajstić information content (AvgIpc) is 2.92. The number of amides is 1. The summed E-state index contributed by atoms with van der Waals surface area (Å²) in [5.41, 5.74) is 5.51. The summed E-state index contributed by atoms with van der Waals surface area (Å²) in [6, 6.07) is 12.3. The minimum absolute atomic E-state index is 0.0533. The fourth-order valence-corrected chi connectivity index (χ4v) is 3.91. The molecule has 3 rings (SSSR count). The van der Waals surface area contributed by atoms with Gasteiger partial charge in [0, 0.05) is 28.5 Å². The molecule has 28 heavy (non-hydrogen) atoms. The van der Waals surface area contributed by atoms with Gasteiger partial charge in [-0.05, 0) is 77.1 Å². The molecule has 3 nitrogen and oxygen atoms in total. The van der Waals surface area contributed by atoms with E-state index < -0.39 is 10.8 Å². The number of benzene rings is 2. The molecule has 5 heteroatoms. The third-order valence-electron chi connectivity index (χ3n) is 4.89. The lowest BCUT2D eigenvalue weighted by Crippen LogP contribution is -2.23. The molecule has 0 radical (unpaired) electrons. The van der Waals surface area contributed by atoms with Crippen molar-refractivity contribution in [3.8, 4) is 0 Å². The van der Waals surface area contributed by atoms with Crippen molar-refractivity contribution >= 4 is 33.9 Å². The third-order valence-corrected chi connectivity index (χ3v) is 5.82. The summed E-state index contributed by atoms with van der Waals surface area (Å²) in [5, 5.41) is 2.89. The van der Waals surface area contributed by atoms with Crippen molar-refractivity contribution in [1.29, 1.82) is 0 Å². The number of fused-ring (bicyclic) bond motifs is 1. The maximum absolute atomic E-state index is 13.9. The monoisotopic (exact) mass is 397 g/mol. The minimum Gasteiger partial charge on any atom is -0.356 e. The molecule has 1 amide bonds. The van der Waals surface area contributed by atoms with E-state index in [1.165, 1.54) is 12.1 Å². The number of carbonyl (C=O) groups is 1. The van der Waals surface area contributed by atoms with Crippen LogP contribution >= 0.6 is 0 Å². The average molecular weight is 398 g/mol. The molecule has 0 fully saturated rings. The van der Waals surface area contributed by atoms with Crippen molar-refractivity contribution < 1.29 is 13.4 Å². The predicted octanol–water partition coefficient (Wildman–Crippen LogP) is 4.81. The van der Waals surface area contributed by atoms with Crippen molar-refractivity contribution in [2.75, 3.05) is 12.8 Å². The first-order valence-corrected chi connectivity index (χ1v) is 10.9. The lowest BCUT2D eigenvalue weighted by Gasteiger charge is -2.07. The molecule has 1 aliphatic carbocycles. The summed E-state index contributed by atoms with van der Waals surface area (Å²) in [6.45, 7) is 4.61. The van der Waals surface area contributed by atoms with Gasteiger partial charge in [-0.15, -0.1) is 0 Å². The highest BCUT2D eigenvalue weighted by Gasteiger charge is 2.25. The van der Waals surface area contributed by atoms with E-state index in [1.807, 2.05) is 44.2 Å². The molecule has 2 aromatic carbocycles. The Labute approximate surface area is 167 Å². The Balaban J connectivity index is 2.01. The summed E-state index contributed by atoms with van der Waals surface area (Å²) >= 11 is 0. The van der Waals surface area contributed by atoms with Gasteiger partial charge in [0.2, 0.25) is 5.91 Å². The summed E-state index contributed by atoms with van der Waals surface area (Å²) in [7, 11) is -1.02. The van der Waals surface area contributed by atoms with Crippen LogP contribution < -0.4 is 5.32 Å². The largest absolute Gasteiger partial charge is 0.356 e. The Morgan fingerprint density at radius 3 is 2.50 bits per heavy atom. The highest BCUT2D eigenvalue weighted by atomic mass is 32.2. The van der Waals surface area contributed by atoms with Crippen LogP contribution in [0.1, 0.15) is 43.4 Å². The van der Waals surface area contributed by atoms with Crippen LogP contribution in [0.3, 0.4) is 0 Å². The summed E-state index contributed by atoms with van der Waals surface area (Å²) in [5.74, 6) is -0.364. The van der Waals surface area contributed by atoms with Crippen LogP contribution in [0.15, 0.2) is 52.9 Å². The molecule has 1 aliphatic rings. The number of allylic oxidation sites excluding steroid dienone is 2. The van der Waals surface area contributed by atoms with E-state index in [4.69, 9.17) is 0 Å². The van der Waals surface area contributed by atoms with E-state index in [0.717, 1.165) is 44.7 Å². The van der Waals surface area contributed by atoms with Crippen LogP contribution in [0, 0.1) is 5.82 Å². The zero-order valence-corrected chi connectivity index (χ0v) is 17.2. The van der Waals surface area contributed by atoms with Gasteiger partial charge in [-0.3, -0.25) is 9.00 Å². The van der Waals surface area contributed by atoms with E-state index in [2.05, 4.69) is 5.32 Å². The Morgan fingerprint density at radius 2 is 1.86 bits per heavy atom. The van der Waals surface area contributed by atoms with Gasteiger partial charge in [-0.25, -0.2) is 4.39 Å². The fourth-order valence-electron chi connectivity index (χ4n) is 3.39. The number of rotatable bonds is 6. The van der Waals surface area contributed by atoms with Crippen molar-refractivity contribution in [1.82, 2.24) is 5.32 Å². The van der Waals surface area contributed by atoms with Gasteiger partial charge in [-0.2, -0.15) is 0 Å². The second kappa shape index (κ2) is 8.65. The molecule has 0 heterocycles. The van der Waals surface area contributed by atoms with Crippen LogP contribution in [0.25, 0.3) is 17.2 Å². The Bertz CT molecular complexity index is 990. The van der Waals surface area contributed by atoms with E-state index >= 15 is 0 Å². The Morgan fingerprint density at radius 1 is 1.14 bits per heavy atom. The predicted molar refractivity (Wildman–Crippen MR) is 114 cm³/mol. The number of carbonyl (C=O) groups excluding carboxylic acids is 1. The van der Waals surface area contributed by atoms with Gasteiger partial charge in [0.15, 0.2) is 0 Å². The van der Waals surface area contributed by atoms with Crippen LogP contribution in [0.5, 0.6) is 0 Å². The SMILES string of the molecule is CCCNC(=O)CC1=C(C)/C(=C\c2ccc(S(C)=O)cc2)c2ccc(F)cc21. The number of nitrogens with one attached hydrogen (secondary N) is 1. The summed E-state index contributed by atoms with van der Waals surface area (Å²) in [6.07, 6.45) is 4.79. The van der Waals surface area contributed by atoms with E-state index in [0.29, 0.717) is 6.54 Å². The van der Waals surface area contributed by atoms with Crippen molar-refractivity contribution in [2.45, 2.75) is 31.6 Å². The third kappa shape index (κ3) is 4.30. The van der Waals surface area contributed by atoms with Gasteiger partial charge < -0.3 is 5.32 Å². The quantitative estimate of drug-likeness (QED) is 0.761. The van der Waals surface area contributed by atoms with Crippen LogP contribution in [-0.2, 0) is 15.6 Å². The molecular formula is C23H24FNO2S. The van der Waals surface area contributed by atoms with Gasteiger partial charge in [0.05, 0.1) is 6.42 Å². The fraction of sp³-hybridized carbons (Fsp3) is 0.261.